The maximum atomic E-state index is 10.1. The van der Waals surface area contributed by atoms with Gasteiger partial charge in [0.1, 0.15) is 5.69 Å². The van der Waals surface area contributed by atoms with Crippen molar-refractivity contribution in [1.29, 1.82) is 0 Å². The lowest BCUT2D eigenvalue weighted by atomic mass is 10.1. The molecule has 0 saturated carbocycles. The van der Waals surface area contributed by atoms with E-state index in [-0.39, 0.29) is 6.42 Å². The third-order valence-electron chi connectivity index (χ3n) is 4.52. The summed E-state index contributed by atoms with van der Waals surface area (Å²) >= 11 is 0. The summed E-state index contributed by atoms with van der Waals surface area (Å²) in [7, 11) is 6.49. The molecule has 0 aliphatic rings. The summed E-state index contributed by atoms with van der Waals surface area (Å²) in [5, 5.41) is 10.1. The van der Waals surface area contributed by atoms with E-state index in [1.807, 2.05) is 6.07 Å². The quantitative estimate of drug-likeness (QED) is 0.351. The molecule has 0 spiro atoms. The van der Waals surface area contributed by atoms with Gasteiger partial charge in [0.2, 0.25) is 0 Å². The Morgan fingerprint density at radius 2 is 1.19 bits per heavy atom. The van der Waals surface area contributed by atoms with Crippen molar-refractivity contribution >= 4 is 11.7 Å². The Bertz CT molecular complexity index is 437. The number of carbonyl (C=O) groups is 1. The third-order valence-corrected chi connectivity index (χ3v) is 4.52. The van der Waals surface area contributed by atoms with E-state index in [0.717, 1.165) is 17.3 Å². The Morgan fingerprint density at radius 3 is 1.54 bits per heavy atom. The van der Waals surface area contributed by atoms with Crippen molar-refractivity contribution in [3.05, 3.63) is 30.3 Å². The van der Waals surface area contributed by atoms with Gasteiger partial charge in [-0.3, -0.25) is 4.48 Å². The van der Waals surface area contributed by atoms with Crippen LogP contribution in [-0.2, 0) is 4.79 Å². The smallest absolute Gasteiger partial charge is 0.132 e. The molecule has 0 aliphatic heterocycles. The topological polar surface area (TPSA) is 40.1 Å². The number of carbonyl (C=O) groups excluding carboxylic acids is 1. The van der Waals surface area contributed by atoms with Crippen molar-refractivity contribution < 1.29 is 9.90 Å². The molecule has 0 aliphatic carbocycles. The van der Waals surface area contributed by atoms with Gasteiger partial charge in [0, 0.05) is 5.97 Å². The Morgan fingerprint density at radius 1 is 0.769 bits per heavy atom. The molecule has 0 bridgehead atoms. The molecule has 150 valence electrons. The minimum Gasteiger partial charge on any atom is -0.550 e. The van der Waals surface area contributed by atoms with Gasteiger partial charge in [-0.1, -0.05) is 89.3 Å². The predicted molar refractivity (Wildman–Crippen MR) is 112 cm³/mol. The van der Waals surface area contributed by atoms with Crippen LogP contribution in [0.25, 0.3) is 0 Å². The lowest BCUT2D eigenvalue weighted by molar-refractivity contribution is -0.305. The van der Waals surface area contributed by atoms with Crippen LogP contribution >= 0.6 is 0 Å². The van der Waals surface area contributed by atoms with Crippen LogP contribution in [0.2, 0.25) is 0 Å². The molecule has 0 amide bonds. The standard InChI is InChI=1S/C14H28O2.C9H14N/c1-2-3-4-5-6-7-8-9-10-11-12-13-14(15)16;1-10(2,3)9-7-5-4-6-8-9/h2-13H2,1H3,(H,15,16);4-8H,1-3H3/q;+1/p-1. The normalized spacial score (nSPS) is 10.9. The SMILES string of the molecule is CCCCCCCCCCCCCC(=O)[O-].C[N+](C)(C)c1ccccc1. The average Bonchev–Trinajstić information content (AvgIpc) is 2.60. The van der Waals surface area contributed by atoms with Gasteiger partial charge in [-0.05, 0) is 25.0 Å². The van der Waals surface area contributed by atoms with E-state index in [2.05, 4.69) is 52.3 Å². The van der Waals surface area contributed by atoms with Crippen molar-refractivity contribution in [2.45, 2.75) is 84.0 Å². The number of unbranched alkanes of at least 4 members (excludes halogenated alkanes) is 10. The number of carboxylic acid groups (broad SMARTS) is 1. The zero-order valence-corrected chi connectivity index (χ0v) is 17.6. The fourth-order valence-corrected chi connectivity index (χ4v) is 2.81. The molecule has 3 heteroatoms. The highest BCUT2D eigenvalue weighted by atomic mass is 16.4. The summed E-state index contributed by atoms with van der Waals surface area (Å²) in [6, 6.07) is 10.5. The average molecular weight is 364 g/mol. The van der Waals surface area contributed by atoms with E-state index in [1.165, 1.54) is 63.5 Å². The summed E-state index contributed by atoms with van der Waals surface area (Å²) in [6.07, 6.45) is 14.0. The zero-order valence-electron chi connectivity index (χ0n) is 17.6. The first-order chi connectivity index (χ1) is 12.4. The van der Waals surface area contributed by atoms with Gasteiger partial charge in [0.15, 0.2) is 0 Å². The number of nitrogens with zero attached hydrogens (tertiary/aromatic N) is 1. The van der Waals surface area contributed by atoms with Crippen molar-refractivity contribution in [2.24, 2.45) is 0 Å². The lowest BCUT2D eigenvalue weighted by Crippen LogP contribution is -2.34. The van der Waals surface area contributed by atoms with Crippen LogP contribution in [0.5, 0.6) is 0 Å². The number of rotatable bonds is 13. The van der Waals surface area contributed by atoms with E-state index in [1.54, 1.807) is 0 Å². The zero-order chi connectivity index (χ0) is 19.7. The molecule has 0 unspecified atom stereocenters. The van der Waals surface area contributed by atoms with E-state index >= 15 is 0 Å². The van der Waals surface area contributed by atoms with Gasteiger partial charge >= 0.3 is 0 Å². The van der Waals surface area contributed by atoms with Crippen LogP contribution in [0.3, 0.4) is 0 Å². The maximum Gasteiger partial charge on any atom is 0.132 e. The summed E-state index contributed by atoms with van der Waals surface area (Å²) < 4.78 is 0.890. The molecule has 1 rings (SSSR count). The van der Waals surface area contributed by atoms with Gasteiger partial charge in [-0.15, -0.1) is 0 Å². The fraction of sp³-hybridized carbons (Fsp3) is 0.696. The molecule has 1 aromatic carbocycles. The molecular weight excluding hydrogens is 322 g/mol. The summed E-state index contributed by atoms with van der Waals surface area (Å²) in [5.74, 6) is -0.907. The van der Waals surface area contributed by atoms with E-state index < -0.39 is 5.97 Å². The number of quaternary nitrogens is 1. The molecule has 3 nitrogen and oxygen atoms in total. The number of para-hydroxylation sites is 1. The first-order valence-corrected chi connectivity index (χ1v) is 10.4. The predicted octanol–water partition coefficient (Wildman–Crippen LogP) is 5.32. The number of carboxylic acids is 1. The van der Waals surface area contributed by atoms with Crippen LogP contribution < -0.4 is 9.59 Å². The highest BCUT2D eigenvalue weighted by Gasteiger charge is 2.08. The second kappa shape index (κ2) is 15.9. The second-order valence-electron chi connectivity index (χ2n) is 8.01. The maximum absolute atomic E-state index is 10.1. The second-order valence-corrected chi connectivity index (χ2v) is 8.01. The Kier molecular flexibility index (Phi) is 15.0. The summed E-state index contributed by atoms with van der Waals surface area (Å²) in [6.45, 7) is 2.24. The fourth-order valence-electron chi connectivity index (χ4n) is 2.81. The van der Waals surface area contributed by atoms with Gasteiger partial charge < -0.3 is 9.90 Å². The van der Waals surface area contributed by atoms with Crippen molar-refractivity contribution in [3.63, 3.8) is 0 Å². The Labute approximate surface area is 162 Å². The number of benzene rings is 1. The molecule has 0 atom stereocenters. The van der Waals surface area contributed by atoms with Crippen LogP contribution in [0.1, 0.15) is 84.0 Å². The van der Waals surface area contributed by atoms with Crippen LogP contribution in [0.15, 0.2) is 30.3 Å². The minimum absolute atomic E-state index is 0.233. The van der Waals surface area contributed by atoms with E-state index in [0.29, 0.717) is 0 Å². The van der Waals surface area contributed by atoms with Gasteiger partial charge in [0.25, 0.3) is 0 Å². The molecule has 26 heavy (non-hydrogen) atoms. The van der Waals surface area contributed by atoms with Crippen LogP contribution in [0, 0.1) is 0 Å². The molecule has 0 aromatic heterocycles. The van der Waals surface area contributed by atoms with Crippen molar-refractivity contribution in [2.75, 3.05) is 21.1 Å². The number of hydrogen-bond donors (Lipinski definition) is 0. The first-order valence-electron chi connectivity index (χ1n) is 10.4. The molecule has 0 fully saturated rings. The van der Waals surface area contributed by atoms with Crippen molar-refractivity contribution in [3.8, 4) is 0 Å². The van der Waals surface area contributed by atoms with Gasteiger partial charge in [-0.25, -0.2) is 0 Å². The van der Waals surface area contributed by atoms with Crippen LogP contribution in [0.4, 0.5) is 5.69 Å². The molecular formula is C23H41NO2. The molecule has 0 N–H and O–H groups in total. The first kappa shape index (κ1) is 24.7. The molecule has 1 aromatic rings. The summed E-state index contributed by atoms with van der Waals surface area (Å²) in [4.78, 5) is 10.1. The number of hydrogen-bond acceptors (Lipinski definition) is 2. The molecule has 0 radical (unpaired) electrons. The molecule has 0 saturated heterocycles. The largest absolute Gasteiger partial charge is 0.550 e. The minimum atomic E-state index is -0.907. The number of aliphatic carboxylic acids is 1. The van der Waals surface area contributed by atoms with E-state index in [4.69, 9.17) is 0 Å². The van der Waals surface area contributed by atoms with E-state index in [9.17, 15) is 9.90 Å². The highest BCUT2D eigenvalue weighted by molar-refractivity contribution is 5.64. The summed E-state index contributed by atoms with van der Waals surface area (Å²) in [5.41, 5.74) is 1.34. The van der Waals surface area contributed by atoms with Crippen molar-refractivity contribution in [1.82, 2.24) is 4.48 Å². The Hall–Kier alpha value is -1.35. The van der Waals surface area contributed by atoms with Gasteiger partial charge in [-0.2, -0.15) is 0 Å². The van der Waals surface area contributed by atoms with Crippen LogP contribution in [-0.4, -0.2) is 27.1 Å². The lowest BCUT2D eigenvalue weighted by Gasteiger charge is -2.22. The monoisotopic (exact) mass is 363 g/mol. The molecule has 0 heterocycles. The van der Waals surface area contributed by atoms with Gasteiger partial charge in [0.05, 0.1) is 21.1 Å². The highest BCUT2D eigenvalue weighted by Crippen LogP contribution is 2.14. The Balaban J connectivity index is 0.000000531. The third kappa shape index (κ3) is 16.1.